The van der Waals surface area contributed by atoms with E-state index >= 15 is 0 Å². The lowest BCUT2D eigenvalue weighted by molar-refractivity contribution is 0.138. The minimum absolute atomic E-state index is 0.687. The largest absolute Gasteiger partial charge is 0.380 e. The van der Waals surface area contributed by atoms with E-state index in [1.54, 1.807) is 12.4 Å². The lowest BCUT2D eigenvalue weighted by atomic mass is 10.3. The van der Waals surface area contributed by atoms with Gasteiger partial charge in [-0.2, -0.15) is 0 Å². The Morgan fingerprint density at radius 3 is 2.58 bits per heavy atom. The normalized spacial score (nSPS) is 15.7. The molecule has 1 aromatic heterocycles. The van der Waals surface area contributed by atoms with Gasteiger partial charge in [-0.3, -0.25) is 4.99 Å². The Bertz CT molecular complexity index is 473. The molecule has 0 aliphatic carbocycles. The Kier molecular flexibility index (Phi) is 8.31. The Labute approximate surface area is 145 Å². The fraction of sp³-hybridized carbons (Fsp3) is 0.706. The molecule has 134 valence electrons. The number of anilines is 1. The quantitative estimate of drug-likeness (QED) is 0.440. The van der Waals surface area contributed by atoms with Gasteiger partial charge in [0.2, 0.25) is 5.95 Å². The summed E-state index contributed by atoms with van der Waals surface area (Å²) in [6.07, 6.45) is 5.87. The molecule has 0 bridgehead atoms. The van der Waals surface area contributed by atoms with Crippen LogP contribution in [0.4, 0.5) is 5.95 Å². The first-order valence-electron chi connectivity index (χ1n) is 8.98. The molecule has 0 radical (unpaired) electrons. The lowest BCUT2D eigenvalue weighted by Crippen LogP contribution is -2.53. The summed E-state index contributed by atoms with van der Waals surface area (Å²) in [5, 5.41) is 3.38. The van der Waals surface area contributed by atoms with Crippen LogP contribution in [0.15, 0.2) is 23.5 Å². The van der Waals surface area contributed by atoms with E-state index in [4.69, 9.17) is 4.74 Å². The molecule has 1 N–H and O–H groups in total. The average Bonchev–Trinajstić information content (AvgIpc) is 2.64. The predicted octanol–water partition coefficient (Wildman–Crippen LogP) is 1.38. The Balaban J connectivity index is 1.79. The van der Waals surface area contributed by atoms with Crippen molar-refractivity contribution in [3.63, 3.8) is 0 Å². The van der Waals surface area contributed by atoms with Gasteiger partial charge in [0.25, 0.3) is 0 Å². The topological polar surface area (TPSA) is 65.9 Å². The van der Waals surface area contributed by atoms with Crippen molar-refractivity contribution >= 4 is 11.9 Å². The third kappa shape index (κ3) is 5.96. The number of guanidine groups is 1. The molecule has 7 nitrogen and oxygen atoms in total. The highest BCUT2D eigenvalue weighted by Crippen LogP contribution is 2.09. The number of nitrogens with one attached hydrogen (secondary N) is 1. The monoisotopic (exact) mass is 334 g/mol. The fourth-order valence-corrected chi connectivity index (χ4v) is 2.56. The number of unbranched alkanes of at least 4 members (excludes halogenated alkanes) is 1. The van der Waals surface area contributed by atoms with Crippen LogP contribution in [-0.2, 0) is 4.74 Å². The van der Waals surface area contributed by atoms with Gasteiger partial charge in [-0.15, -0.1) is 0 Å². The number of ether oxygens (including phenoxy) is 1. The SMILES string of the molecule is CCCCOCCN=C(NCC)N1CCN(c2ncccn2)CC1. The highest BCUT2D eigenvalue weighted by Gasteiger charge is 2.20. The van der Waals surface area contributed by atoms with Crippen LogP contribution in [0.5, 0.6) is 0 Å². The highest BCUT2D eigenvalue weighted by atomic mass is 16.5. The van der Waals surface area contributed by atoms with Crippen molar-refractivity contribution in [1.82, 2.24) is 20.2 Å². The van der Waals surface area contributed by atoms with Crippen LogP contribution in [0.25, 0.3) is 0 Å². The van der Waals surface area contributed by atoms with Crippen LogP contribution < -0.4 is 10.2 Å². The van der Waals surface area contributed by atoms with Gasteiger partial charge in [-0.05, 0) is 19.4 Å². The molecule has 2 heterocycles. The third-order valence-corrected chi connectivity index (χ3v) is 3.89. The Morgan fingerprint density at radius 2 is 1.92 bits per heavy atom. The first-order valence-corrected chi connectivity index (χ1v) is 8.98. The van der Waals surface area contributed by atoms with Crippen LogP contribution in [0.2, 0.25) is 0 Å². The van der Waals surface area contributed by atoms with Crippen molar-refractivity contribution in [3.8, 4) is 0 Å². The second-order valence-electron chi connectivity index (χ2n) is 5.72. The molecule has 2 rings (SSSR count). The second-order valence-corrected chi connectivity index (χ2v) is 5.72. The van der Waals surface area contributed by atoms with Crippen LogP contribution in [0, 0.1) is 0 Å². The van der Waals surface area contributed by atoms with Crippen LogP contribution >= 0.6 is 0 Å². The maximum atomic E-state index is 5.59. The molecule has 0 atom stereocenters. The minimum atomic E-state index is 0.687. The zero-order valence-electron chi connectivity index (χ0n) is 14.9. The van der Waals surface area contributed by atoms with Gasteiger partial charge in [0.1, 0.15) is 0 Å². The van der Waals surface area contributed by atoms with Gasteiger partial charge < -0.3 is 19.9 Å². The van der Waals surface area contributed by atoms with Crippen molar-refractivity contribution < 1.29 is 4.74 Å². The molecular weight excluding hydrogens is 304 g/mol. The van der Waals surface area contributed by atoms with Gasteiger partial charge in [0.05, 0.1) is 13.2 Å². The van der Waals surface area contributed by atoms with E-state index in [1.807, 2.05) is 6.07 Å². The highest BCUT2D eigenvalue weighted by molar-refractivity contribution is 5.80. The molecule has 0 spiro atoms. The molecule has 1 aromatic rings. The van der Waals surface area contributed by atoms with Crippen molar-refractivity contribution in [2.45, 2.75) is 26.7 Å². The zero-order valence-corrected chi connectivity index (χ0v) is 14.9. The smallest absolute Gasteiger partial charge is 0.225 e. The maximum absolute atomic E-state index is 5.59. The molecule has 1 saturated heterocycles. The molecule has 24 heavy (non-hydrogen) atoms. The predicted molar refractivity (Wildman–Crippen MR) is 97.5 cm³/mol. The summed E-state index contributed by atoms with van der Waals surface area (Å²) < 4.78 is 5.59. The number of hydrogen-bond acceptors (Lipinski definition) is 5. The molecule has 0 saturated carbocycles. The van der Waals surface area contributed by atoms with Crippen LogP contribution in [0.3, 0.4) is 0 Å². The van der Waals surface area contributed by atoms with Gasteiger partial charge in [0, 0.05) is 51.7 Å². The molecule has 0 unspecified atom stereocenters. The van der Waals surface area contributed by atoms with Crippen molar-refractivity contribution in [2.75, 3.05) is 57.4 Å². The standard InChI is InChI=1S/C17H30N6O/c1-3-5-14-24-15-9-21-16(18-4-2)22-10-12-23(13-11-22)17-19-7-6-8-20-17/h6-8H,3-5,9-15H2,1-2H3,(H,18,21). The number of rotatable bonds is 8. The van der Waals surface area contributed by atoms with E-state index in [0.717, 1.165) is 57.7 Å². The number of aromatic nitrogens is 2. The van der Waals surface area contributed by atoms with Gasteiger partial charge in [-0.25, -0.2) is 9.97 Å². The van der Waals surface area contributed by atoms with Gasteiger partial charge in [-0.1, -0.05) is 13.3 Å². The molecule has 0 aromatic carbocycles. The van der Waals surface area contributed by atoms with Crippen molar-refractivity contribution in [1.29, 1.82) is 0 Å². The van der Waals surface area contributed by atoms with Gasteiger partial charge >= 0.3 is 0 Å². The summed E-state index contributed by atoms with van der Waals surface area (Å²) in [7, 11) is 0. The van der Waals surface area contributed by atoms with E-state index in [0.29, 0.717) is 13.2 Å². The molecule has 1 aliphatic heterocycles. The second kappa shape index (κ2) is 10.8. The van der Waals surface area contributed by atoms with E-state index < -0.39 is 0 Å². The van der Waals surface area contributed by atoms with Crippen LogP contribution in [0.1, 0.15) is 26.7 Å². The number of nitrogens with zero attached hydrogens (tertiary/aromatic N) is 5. The van der Waals surface area contributed by atoms with Gasteiger partial charge in [0.15, 0.2) is 5.96 Å². The number of piperazine rings is 1. The number of aliphatic imine (C=N–C) groups is 1. The van der Waals surface area contributed by atoms with Crippen molar-refractivity contribution in [2.24, 2.45) is 4.99 Å². The first-order chi connectivity index (χ1) is 11.8. The molecule has 7 heteroatoms. The van der Waals surface area contributed by atoms with E-state index in [-0.39, 0.29) is 0 Å². The third-order valence-electron chi connectivity index (χ3n) is 3.89. The summed E-state index contributed by atoms with van der Waals surface area (Å²) >= 11 is 0. The van der Waals surface area contributed by atoms with Crippen LogP contribution in [-0.4, -0.2) is 73.3 Å². The summed E-state index contributed by atoms with van der Waals surface area (Å²) in [5.74, 6) is 1.79. The van der Waals surface area contributed by atoms with E-state index in [2.05, 4.69) is 43.9 Å². The summed E-state index contributed by atoms with van der Waals surface area (Å²) in [4.78, 5) is 17.9. The maximum Gasteiger partial charge on any atom is 0.225 e. The number of hydrogen-bond donors (Lipinski definition) is 1. The summed E-state index contributed by atoms with van der Waals surface area (Å²) in [6.45, 7) is 11.0. The molecular formula is C17H30N6O. The summed E-state index contributed by atoms with van der Waals surface area (Å²) in [5.41, 5.74) is 0. The fourth-order valence-electron chi connectivity index (χ4n) is 2.56. The molecule has 0 amide bonds. The lowest BCUT2D eigenvalue weighted by Gasteiger charge is -2.36. The van der Waals surface area contributed by atoms with E-state index in [9.17, 15) is 0 Å². The Hall–Kier alpha value is -1.89. The first kappa shape index (κ1) is 18.4. The molecule has 1 aliphatic rings. The zero-order chi connectivity index (χ0) is 17.0. The minimum Gasteiger partial charge on any atom is -0.380 e. The van der Waals surface area contributed by atoms with E-state index in [1.165, 1.54) is 6.42 Å². The summed E-state index contributed by atoms with van der Waals surface area (Å²) in [6, 6.07) is 1.85. The Morgan fingerprint density at radius 1 is 1.17 bits per heavy atom. The van der Waals surface area contributed by atoms with Crippen molar-refractivity contribution in [3.05, 3.63) is 18.5 Å². The molecule has 1 fully saturated rings. The average molecular weight is 334 g/mol.